The molecule has 0 bridgehead atoms. The van der Waals surface area contributed by atoms with Gasteiger partial charge in [0.25, 0.3) is 0 Å². The Balaban J connectivity index is 1.52. The SMILES string of the molecule is CCC(CCC1CCCCC1)NC1CCc2ccc(NC(C)=O)cc2C1. The van der Waals surface area contributed by atoms with Gasteiger partial charge in [0.15, 0.2) is 0 Å². The van der Waals surface area contributed by atoms with Crippen molar-refractivity contribution in [3.8, 4) is 0 Å². The lowest BCUT2D eigenvalue weighted by molar-refractivity contribution is -0.114. The average molecular weight is 357 g/mol. The second kappa shape index (κ2) is 9.55. The van der Waals surface area contributed by atoms with Crippen LogP contribution in [-0.4, -0.2) is 18.0 Å². The molecule has 2 atom stereocenters. The van der Waals surface area contributed by atoms with Gasteiger partial charge in [-0.1, -0.05) is 45.1 Å². The van der Waals surface area contributed by atoms with E-state index in [1.807, 2.05) is 6.07 Å². The van der Waals surface area contributed by atoms with Crippen molar-refractivity contribution < 1.29 is 4.79 Å². The van der Waals surface area contributed by atoms with Gasteiger partial charge in [0.1, 0.15) is 0 Å². The van der Waals surface area contributed by atoms with Gasteiger partial charge in [0, 0.05) is 24.7 Å². The Morgan fingerprint density at radius 1 is 1.15 bits per heavy atom. The normalized spacial score (nSPS) is 21.8. The number of fused-ring (bicyclic) bond motifs is 1. The standard InChI is InChI=1S/C23H36N2O/c1-3-21(12-9-18-7-5-4-6-8-18)25-23-14-11-19-10-13-22(24-17(2)26)15-20(19)16-23/h10,13,15,18,21,23,25H,3-9,11-12,14,16H2,1-2H3,(H,24,26). The molecule has 0 saturated heterocycles. The van der Waals surface area contributed by atoms with Crippen LogP contribution < -0.4 is 10.6 Å². The lowest BCUT2D eigenvalue weighted by atomic mass is 9.84. The van der Waals surface area contributed by atoms with Gasteiger partial charge in [-0.05, 0) is 67.7 Å². The van der Waals surface area contributed by atoms with Gasteiger partial charge < -0.3 is 10.6 Å². The van der Waals surface area contributed by atoms with Crippen molar-refractivity contribution in [2.24, 2.45) is 5.92 Å². The Hall–Kier alpha value is -1.35. The minimum atomic E-state index is 0.00388. The van der Waals surface area contributed by atoms with Crippen molar-refractivity contribution in [1.82, 2.24) is 5.32 Å². The summed E-state index contributed by atoms with van der Waals surface area (Å²) in [7, 11) is 0. The second-order valence-electron chi connectivity index (χ2n) is 8.46. The largest absolute Gasteiger partial charge is 0.326 e. The number of carbonyl (C=O) groups excluding carboxylic acids is 1. The fourth-order valence-corrected chi connectivity index (χ4v) is 4.83. The lowest BCUT2D eigenvalue weighted by Crippen LogP contribution is -2.41. The first kappa shape index (κ1) is 19.4. The minimum Gasteiger partial charge on any atom is -0.326 e. The van der Waals surface area contributed by atoms with Crippen molar-refractivity contribution in [3.05, 3.63) is 29.3 Å². The fraction of sp³-hybridized carbons (Fsp3) is 0.696. The Bertz CT molecular complexity index is 592. The van der Waals surface area contributed by atoms with E-state index in [2.05, 4.69) is 29.7 Å². The fourth-order valence-electron chi connectivity index (χ4n) is 4.83. The zero-order chi connectivity index (χ0) is 18.4. The second-order valence-corrected chi connectivity index (χ2v) is 8.46. The summed E-state index contributed by atoms with van der Waals surface area (Å²) < 4.78 is 0. The quantitative estimate of drug-likeness (QED) is 0.702. The van der Waals surface area contributed by atoms with Gasteiger partial charge in [0.05, 0.1) is 0 Å². The van der Waals surface area contributed by atoms with Crippen molar-refractivity contribution in [2.75, 3.05) is 5.32 Å². The van der Waals surface area contributed by atoms with Crippen LogP contribution >= 0.6 is 0 Å². The van der Waals surface area contributed by atoms with E-state index in [1.165, 1.54) is 68.9 Å². The van der Waals surface area contributed by atoms with Crippen molar-refractivity contribution in [3.63, 3.8) is 0 Å². The maximum absolute atomic E-state index is 11.3. The Morgan fingerprint density at radius 3 is 2.69 bits per heavy atom. The van der Waals surface area contributed by atoms with E-state index in [4.69, 9.17) is 0 Å². The summed E-state index contributed by atoms with van der Waals surface area (Å²) in [6.07, 6.45) is 14.7. The zero-order valence-electron chi connectivity index (χ0n) is 16.7. The van der Waals surface area contributed by atoms with Crippen LogP contribution in [0, 0.1) is 5.92 Å². The molecule has 144 valence electrons. The molecule has 0 aromatic heterocycles. The predicted molar refractivity (Wildman–Crippen MR) is 110 cm³/mol. The summed E-state index contributed by atoms with van der Waals surface area (Å²) in [6.45, 7) is 3.90. The summed E-state index contributed by atoms with van der Waals surface area (Å²) in [5.41, 5.74) is 3.79. The third kappa shape index (κ3) is 5.57. The molecule has 1 fully saturated rings. The van der Waals surface area contributed by atoms with Gasteiger partial charge in [-0.3, -0.25) is 4.79 Å². The molecule has 1 aromatic rings. The number of carbonyl (C=O) groups is 1. The first-order valence-corrected chi connectivity index (χ1v) is 10.8. The summed E-state index contributed by atoms with van der Waals surface area (Å²) in [6, 6.07) is 7.63. The highest BCUT2D eigenvalue weighted by atomic mass is 16.1. The molecule has 26 heavy (non-hydrogen) atoms. The maximum Gasteiger partial charge on any atom is 0.221 e. The lowest BCUT2D eigenvalue weighted by Gasteiger charge is -2.31. The molecule has 2 aliphatic carbocycles. The van der Waals surface area contributed by atoms with Crippen molar-refractivity contribution in [1.29, 1.82) is 0 Å². The van der Waals surface area contributed by atoms with E-state index in [9.17, 15) is 4.79 Å². The molecule has 1 amide bonds. The molecule has 1 saturated carbocycles. The molecule has 3 heteroatoms. The summed E-state index contributed by atoms with van der Waals surface area (Å²) >= 11 is 0. The van der Waals surface area contributed by atoms with Crippen molar-refractivity contribution >= 4 is 11.6 Å². The van der Waals surface area contributed by atoms with Crippen LogP contribution in [0.25, 0.3) is 0 Å². The van der Waals surface area contributed by atoms with E-state index < -0.39 is 0 Å². The Labute approximate surface area is 159 Å². The molecule has 2 unspecified atom stereocenters. The molecule has 0 heterocycles. The minimum absolute atomic E-state index is 0.00388. The van der Waals surface area contributed by atoms with E-state index >= 15 is 0 Å². The van der Waals surface area contributed by atoms with Crippen LogP contribution in [0.2, 0.25) is 0 Å². The number of aryl methyl sites for hydroxylation is 1. The van der Waals surface area contributed by atoms with Crippen LogP contribution in [0.15, 0.2) is 18.2 Å². The molecule has 2 aliphatic rings. The number of anilines is 1. The van der Waals surface area contributed by atoms with E-state index in [0.717, 1.165) is 24.4 Å². The molecular weight excluding hydrogens is 320 g/mol. The van der Waals surface area contributed by atoms with E-state index in [1.54, 1.807) is 6.92 Å². The summed E-state index contributed by atoms with van der Waals surface area (Å²) in [5.74, 6) is 0.982. The number of hydrogen-bond acceptors (Lipinski definition) is 2. The first-order chi connectivity index (χ1) is 12.6. The molecule has 1 aromatic carbocycles. The number of rotatable bonds is 7. The molecule has 0 aliphatic heterocycles. The summed E-state index contributed by atoms with van der Waals surface area (Å²) in [5, 5.41) is 6.88. The molecule has 3 rings (SSSR count). The summed E-state index contributed by atoms with van der Waals surface area (Å²) in [4.78, 5) is 11.3. The van der Waals surface area contributed by atoms with Crippen LogP contribution in [0.5, 0.6) is 0 Å². The van der Waals surface area contributed by atoms with E-state index in [-0.39, 0.29) is 5.91 Å². The predicted octanol–water partition coefficient (Wildman–Crippen LogP) is 5.23. The zero-order valence-corrected chi connectivity index (χ0v) is 16.7. The molecular formula is C23H36N2O. The Morgan fingerprint density at radius 2 is 1.96 bits per heavy atom. The van der Waals surface area contributed by atoms with Crippen LogP contribution in [-0.2, 0) is 17.6 Å². The molecule has 3 nitrogen and oxygen atoms in total. The smallest absolute Gasteiger partial charge is 0.221 e. The van der Waals surface area contributed by atoms with Gasteiger partial charge in [-0.25, -0.2) is 0 Å². The molecule has 0 radical (unpaired) electrons. The first-order valence-electron chi connectivity index (χ1n) is 10.8. The topological polar surface area (TPSA) is 41.1 Å². The number of amides is 1. The molecule has 0 spiro atoms. The maximum atomic E-state index is 11.3. The van der Waals surface area contributed by atoms with Crippen molar-refractivity contribution in [2.45, 2.75) is 96.6 Å². The van der Waals surface area contributed by atoms with E-state index in [0.29, 0.717) is 12.1 Å². The third-order valence-electron chi connectivity index (χ3n) is 6.37. The number of nitrogens with one attached hydrogen (secondary N) is 2. The highest BCUT2D eigenvalue weighted by Crippen LogP contribution is 2.29. The van der Waals surface area contributed by atoms with Crippen LogP contribution in [0.3, 0.4) is 0 Å². The highest BCUT2D eigenvalue weighted by Gasteiger charge is 2.22. The van der Waals surface area contributed by atoms with Crippen LogP contribution in [0.1, 0.15) is 82.8 Å². The highest BCUT2D eigenvalue weighted by molar-refractivity contribution is 5.88. The van der Waals surface area contributed by atoms with Gasteiger partial charge >= 0.3 is 0 Å². The van der Waals surface area contributed by atoms with Crippen LogP contribution in [0.4, 0.5) is 5.69 Å². The average Bonchev–Trinajstić information content (AvgIpc) is 2.65. The monoisotopic (exact) mass is 356 g/mol. The van der Waals surface area contributed by atoms with Gasteiger partial charge in [0.2, 0.25) is 5.91 Å². The molecule has 2 N–H and O–H groups in total. The van der Waals surface area contributed by atoms with Gasteiger partial charge in [-0.2, -0.15) is 0 Å². The van der Waals surface area contributed by atoms with Gasteiger partial charge in [-0.15, -0.1) is 0 Å². The number of benzene rings is 1. The third-order valence-corrected chi connectivity index (χ3v) is 6.37. The number of hydrogen-bond donors (Lipinski definition) is 2. The Kier molecular flexibility index (Phi) is 7.13.